The highest BCUT2D eigenvalue weighted by Crippen LogP contribution is 2.20. The van der Waals surface area contributed by atoms with Crippen LogP contribution in [0.2, 0.25) is 5.02 Å². The summed E-state index contributed by atoms with van der Waals surface area (Å²) < 4.78 is 17.2. The van der Waals surface area contributed by atoms with Gasteiger partial charge in [0.25, 0.3) is 0 Å². The van der Waals surface area contributed by atoms with Gasteiger partial charge in [-0.05, 0) is 17.7 Å². The van der Waals surface area contributed by atoms with Crippen LogP contribution in [0.15, 0.2) is 18.2 Å². The molecule has 1 unspecified atom stereocenters. The highest BCUT2D eigenvalue weighted by Gasteiger charge is 2.17. The van der Waals surface area contributed by atoms with E-state index in [1.54, 1.807) is 0 Å². The summed E-state index contributed by atoms with van der Waals surface area (Å²) in [5.74, 6) is -0.954. The summed E-state index contributed by atoms with van der Waals surface area (Å²) in [5.41, 5.74) is 0.614. The van der Waals surface area contributed by atoms with Gasteiger partial charge >= 0.3 is 5.97 Å². The first-order chi connectivity index (χ1) is 7.04. The van der Waals surface area contributed by atoms with Crippen molar-refractivity contribution >= 4 is 29.2 Å². The van der Waals surface area contributed by atoms with Crippen LogP contribution in [0.4, 0.5) is 4.39 Å². The van der Waals surface area contributed by atoms with Gasteiger partial charge in [0.05, 0.1) is 7.11 Å². The predicted octanol–water partition coefficient (Wildman–Crippen LogP) is 2.80. The van der Waals surface area contributed by atoms with E-state index in [1.807, 2.05) is 0 Å². The standard InChI is InChI=1S/C10H9Cl2FO2/c1-15-10(14)9(12)4-6-2-3-7(13)5-8(6)11/h2-3,5,9H,4H2,1H3. The number of hydrogen-bond donors (Lipinski definition) is 0. The monoisotopic (exact) mass is 250 g/mol. The zero-order valence-electron chi connectivity index (χ0n) is 7.97. The lowest BCUT2D eigenvalue weighted by molar-refractivity contribution is -0.140. The molecule has 0 aliphatic heterocycles. The van der Waals surface area contributed by atoms with Gasteiger partial charge in [-0.2, -0.15) is 0 Å². The Hall–Kier alpha value is -0.800. The van der Waals surface area contributed by atoms with Crippen LogP contribution < -0.4 is 0 Å². The van der Waals surface area contributed by atoms with Gasteiger partial charge in [0.2, 0.25) is 0 Å². The second-order valence-corrected chi connectivity index (χ2v) is 3.86. The largest absolute Gasteiger partial charge is 0.468 e. The molecule has 0 saturated heterocycles. The quantitative estimate of drug-likeness (QED) is 0.609. The van der Waals surface area contributed by atoms with E-state index in [0.717, 1.165) is 0 Å². The van der Waals surface area contributed by atoms with Gasteiger partial charge in [-0.3, -0.25) is 4.79 Å². The first kappa shape index (κ1) is 12.3. The van der Waals surface area contributed by atoms with Crippen molar-refractivity contribution in [1.29, 1.82) is 0 Å². The third-order valence-corrected chi connectivity index (χ3v) is 2.56. The minimum absolute atomic E-state index is 0.216. The van der Waals surface area contributed by atoms with Crippen molar-refractivity contribution < 1.29 is 13.9 Å². The summed E-state index contributed by atoms with van der Waals surface area (Å²) in [7, 11) is 1.25. The zero-order valence-corrected chi connectivity index (χ0v) is 9.48. The Morgan fingerprint density at radius 1 is 1.60 bits per heavy atom. The molecule has 0 saturated carbocycles. The molecule has 0 heterocycles. The van der Waals surface area contributed by atoms with Gasteiger partial charge in [-0.15, -0.1) is 11.6 Å². The maximum Gasteiger partial charge on any atom is 0.324 e. The minimum atomic E-state index is -0.807. The Kier molecular flexibility index (Phi) is 4.36. The van der Waals surface area contributed by atoms with Crippen molar-refractivity contribution in [1.82, 2.24) is 0 Å². The molecular weight excluding hydrogens is 242 g/mol. The molecule has 1 aromatic rings. The number of halogens is 3. The van der Waals surface area contributed by atoms with E-state index in [0.29, 0.717) is 5.56 Å². The SMILES string of the molecule is COC(=O)C(Cl)Cc1ccc(F)cc1Cl. The number of esters is 1. The lowest BCUT2D eigenvalue weighted by atomic mass is 10.1. The molecule has 82 valence electrons. The Balaban J connectivity index is 2.76. The second kappa shape index (κ2) is 5.33. The summed E-state index contributed by atoms with van der Waals surface area (Å²) in [5, 5.41) is -0.553. The minimum Gasteiger partial charge on any atom is -0.468 e. The van der Waals surface area contributed by atoms with E-state index in [-0.39, 0.29) is 11.4 Å². The van der Waals surface area contributed by atoms with Crippen LogP contribution in [-0.2, 0) is 16.0 Å². The maximum absolute atomic E-state index is 12.7. The fraction of sp³-hybridized carbons (Fsp3) is 0.300. The Morgan fingerprint density at radius 3 is 2.80 bits per heavy atom. The van der Waals surface area contributed by atoms with Gasteiger partial charge in [0.15, 0.2) is 0 Å². The first-order valence-electron chi connectivity index (χ1n) is 4.20. The van der Waals surface area contributed by atoms with E-state index < -0.39 is 17.2 Å². The summed E-state index contributed by atoms with van der Waals surface area (Å²) >= 11 is 11.5. The van der Waals surface area contributed by atoms with Crippen LogP contribution in [0.1, 0.15) is 5.56 Å². The molecule has 0 aliphatic carbocycles. The van der Waals surface area contributed by atoms with Crippen LogP contribution in [0.3, 0.4) is 0 Å². The van der Waals surface area contributed by atoms with Crippen molar-refractivity contribution in [2.45, 2.75) is 11.8 Å². The van der Waals surface area contributed by atoms with E-state index >= 15 is 0 Å². The van der Waals surface area contributed by atoms with E-state index in [4.69, 9.17) is 23.2 Å². The number of rotatable bonds is 3. The maximum atomic E-state index is 12.7. The van der Waals surface area contributed by atoms with E-state index in [1.165, 1.54) is 25.3 Å². The number of carbonyl (C=O) groups is 1. The molecule has 0 amide bonds. The molecule has 0 fully saturated rings. The number of alkyl halides is 1. The van der Waals surface area contributed by atoms with Crippen LogP contribution in [0.25, 0.3) is 0 Å². The molecule has 2 nitrogen and oxygen atoms in total. The smallest absolute Gasteiger partial charge is 0.324 e. The number of hydrogen-bond acceptors (Lipinski definition) is 2. The second-order valence-electron chi connectivity index (χ2n) is 2.93. The molecule has 0 aliphatic rings. The summed E-state index contributed by atoms with van der Waals surface area (Å²) in [6, 6.07) is 3.94. The third kappa shape index (κ3) is 3.36. The van der Waals surface area contributed by atoms with Crippen molar-refractivity contribution in [3.05, 3.63) is 34.6 Å². The molecule has 0 bridgehead atoms. The molecule has 1 atom stereocenters. The highest BCUT2D eigenvalue weighted by molar-refractivity contribution is 6.32. The van der Waals surface area contributed by atoms with Crippen LogP contribution in [0.5, 0.6) is 0 Å². The predicted molar refractivity (Wildman–Crippen MR) is 56.8 cm³/mol. The van der Waals surface area contributed by atoms with Crippen molar-refractivity contribution in [3.8, 4) is 0 Å². The normalized spacial score (nSPS) is 12.3. The molecule has 1 aromatic carbocycles. The van der Waals surface area contributed by atoms with Gasteiger partial charge in [-0.25, -0.2) is 4.39 Å². The van der Waals surface area contributed by atoms with Crippen LogP contribution >= 0.6 is 23.2 Å². The lowest BCUT2D eigenvalue weighted by Gasteiger charge is -2.08. The van der Waals surface area contributed by atoms with Crippen molar-refractivity contribution in [2.75, 3.05) is 7.11 Å². The molecule has 5 heteroatoms. The van der Waals surface area contributed by atoms with E-state index in [9.17, 15) is 9.18 Å². The highest BCUT2D eigenvalue weighted by atomic mass is 35.5. The van der Waals surface area contributed by atoms with Gasteiger partial charge in [0.1, 0.15) is 11.2 Å². The zero-order chi connectivity index (χ0) is 11.4. The van der Waals surface area contributed by atoms with Crippen molar-refractivity contribution in [2.24, 2.45) is 0 Å². The summed E-state index contributed by atoms with van der Waals surface area (Å²) in [6.45, 7) is 0. The van der Waals surface area contributed by atoms with Gasteiger partial charge < -0.3 is 4.74 Å². The summed E-state index contributed by atoms with van der Waals surface area (Å²) in [6.07, 6.45) is 0.216. The molecule has 0 radical (unpaired) electrons. The average molecular weight is 251 g/mol. The molecule has 0 spiro atoms. The van der Waals surface area contributed by atoms with Gasteiger partial charge in [-0.1, -0.05) is 17.7 Å². The number of carbonyl (C=O) groups excluding carboxylic acids is 1. The molecule has 1 rings (SSSR count). The fourth-order valence-electron chi connectivity index (χ4n) is 1.09. The number of ether oxygens (including phenoxy) is 1. The Labute approximate surface area is 96.9 Å². The Bertz CT molecular complexity index is 368. The topological polar surface area (TPSA) is 26.3 Å². The van der Waals surface area contributed by atoms with Crippen LogP contribution in [-0.4, -0.2) is 18.5 Å². The Morgan fingerprint density at radius 2 is 2.27 bits per heavy atom. The van der Waals surface area contributed by atoms with Crippen molar-refractivity contribution in [3.63, 3.8) is 0 Å². The van der Waals surface area contributed by atoms with Crippen LogP contribution in [0, 0.1) is 5.82 Å². The molecule has 0 N–H and O–H groups in total. The number of benzene rings is 1. The third-order valence-electron chi connectivity index (χ3n) is 1.87. The van der Waals surface area contributed by atoms with E-state index in [2.05, 4.69) is 4.74 Å². The molecule has 15 heavy (non-hydrogen) atoms. The first-order valence-corrected chi connectivity index (χ1v) is 5.02. The molecular formula is C10H9Cl2FO2. The molecule has 0 aromatic heterocycles. The number of methoxy groups -OCH3 is 1. The fourth-order valence-corrected chi connectivity index (χ4v) is 1.59. The summed E-state index contributed by atoms with van der Waals surface area (Å²) in [4.78, 5) is 11.0. The van der Waals surface area contributed by atoms with Gasteiger partial charge in [0, 0.05) is 11.4 Å². The lowest BCUT2D eigenvalue weighted by Crippen LogP contribution is -2.18. The average Bonchev–Trinajstić information content (AvgIpc) is 2.20.